The molecule has 0 heterocycles. The molecule has 0 aliphatic heterocycles. The van der Waals surface area contributed by atoms with Gasteiger partial charge in [0.05, 0.1) is 0 Å². The first-order valence-corrected chi connectivity index (χ1v) is 5.63. The van der Waals surface area contributed by atoms with Crippen molar-refractivity contribution in [1.29, 1.82) is 0 Å². The second-order valence-corrected chi connectivity index (χ2v) is 4.40. The van der Waals surface area contributed by atoms with Crippen LogP contribution in [0.1, 0.15) is 18.1 Å². The van der Waals surface area contributed by atoms with E-state index in [1.165, 1.54) is 11.1 Å². The standard InChI is InChI=1S/C13H22N2/c1-10-3-5-12(6-4-10)7-11(2)13(8-14)9-15/h3-6,11,13H,7-9,14-15H2,1-2H3. The van der Waals surface area contributed by atoms with E-state index in [2.05, 4.69) is 38.1 Å². The summed E-state index contributed by atoms with van der Waals surface area (Å²) < 4.78 is 0. The SMILES string of the molecule is Cc1ccc(CC(C)C(CN)CN)cc1. The van der Waals surface area contributed by atoms with E-state index in [9.17, 15) is 0 Å². The maximum absolute atomic E-state index is 5.68. The van der Waals surface area contributed by atoms with Gasteiger partial charge in [0.15, 0.2) is 0 Å². The predicted molar refractivity (Wildman–Crippen MR) is 65.6 cm³/mol. The van der Waals surface area contributed by atoms with Crippen LogP contribution in [-0.2, 0) is 6.42 Å². The van der Waals surface area contributed by atoms with Gasteiger partial charge in [-0.2, -0.15) is 0 Å². The van der Waals surface area contributed by atoms with Crippen molar-refractivity contribution < 1.29 is 0 Å². The van der Waals surface area contributed by atoms with Gasteiger partial charge >= 0.3 is 0 Å². The Morgan fingerprint density at radius 2 is 1.60 bits per heavy atom. The zero-order valence-corrected chi connectivity index (χ0v) is 9.74. The quantitative estimate of drug-likeness (QED) is 0.770. The molecule has 0 spiro atoms. The van der Waals surface area contributed by atoms with Crippen molar-refractivity contribution >= 4 is 0 Å². The summed E-state index contributed by atoms with van der Waals surface area (Å²) in [6, 6.07) is 8.69. The number of nitrogens with two attached hydrogens (primary N) is 2. The van der Waals surface area contributed by atoms with Gasteiger partial charge in [0.1, 0.15) is 0 Å². The summed E-state index contributed by atoms with van der Waals surface area (Å²) >= 11 is 0. The Bertz CT molecular complexity index is 275. The highest BCUT2D eigenvalue weighted by Crippen LogP contribution is 2.16. The number of benzene rings is 1. The third-order valence-corrected chi connectivity index (χ3v) is 3.09. The van der Waals surface area contributed by atoms with Crippen LogP contribution in [0.15, 0.2) is 24.3 Å². The highest BCUT2D eigenvalue weighted by molar-refractivity contribution is 5.21. The average Bonchev–Trinajstić information content (AvgIpc) is 2.23. The smallest absolute Gasteiger partial charge is 0.00341 e. The molecule has 0 saturated carbocycles. The second kappa shape index (κ2) is 5.89. The van der Waals surface area contributed by atoms with Crippen LogP contribution in [0.25, 0.3) is 0 Å². The summed E-state index contributed by atoms with van der Waals surface area (Å²) in [5.74, 6) is 0.994. The molecular formula is C13H22N2. The molecule has 1 unspecified atom stereocenters. The summed E-state index contributed by atoms with van der Waals surface area (Å²) in [6.07, 6.45) is 1.07. The van der Waals surface area contributed by atoms with Gasteiger partial charge in [-0.25, -0.2) is 0 Å². The lowest BCUT2D eigenvalue weighted by molar-refractivity contribution is 0.372. The van der Waals surface area contributed by atoms with Crippen LogP contribution < -0.4 is 11.5 Å². The van der Waals surface area contributed by atoms with Crippen molar-refractivity contribution in [1.82, 2.24) is 0 Å². The molecule has 2 heteroatoms. The Labute approximate surface area is 92.7 Å². The highest BCUT2D eigenvalue weighted by atomic mass is 14.6. The van der Waals surface area contributed by atoms with E-state index in [-0.39, 0.29) is 0 Å². The molecule has 15 heavy (non-hydrogen) atoms. The summed E-state index contributed by atoms with van der Waals surface area (Å²) in [7, 11) is 0. The van der Waals surface area contributed by atoms with Crippen molar-refractivity contribution in [3.05, 3.63) is 35.4 Å². The fraction of sp³-hybridized carbons (Fsp3) is 0.538. The highest BCUT2D eigenvalue weighted by Gasteiger charge is 2.14. The molecule has 0 saturated heterocycles. The summed E-state index contributed by atoms with van der Waals surface area (Å²) in [5.41, 5.74) is 14.0. The molecular weight excluding hydrogens is 184 g/mol. The van der Waals surface area contributed by atoms with Crippen molar-refractivity contribution in [2.45, 2.75) is 20.3 Å². The molecule has 84 valence electrons. The van der Waals surface area contributed by atoms with Crippen LogP contribution in [0.2, 0.25) is 0 Å². The largest absolute Gasteiger partial charge is 0.330 e. The van der Waals surface area contributed by atoms with Crippen molar-refractivity contribution in [3.63, 3.8) is 0 Å². The van der Waals surface area contributed by atoms with E-state index >= 15 is 0 Å². The van der Waals surface area contributed by atoms with Gasteiger partial charge < -0.3 is 11.5 Å². The lowest BCUT2D eigenvalue weighted by atomic mass is 9.88. The van der Waals surface area contributed by atoms with Crippen LogP contribution >= 0.6 is 0 Å². The molecule has 0 amide bonds. The molecule has 0 radical (unpaired) electrons. The normalized spacial score (nSPS) is 13.1. The van der Waals surface area contributed by atoms with Gasteiger partial charge in [-0.15, -0.1) is 0 Å². The van der Waals surface area contributed by atoms with Crippen LogP contribution in [0, 0.1) is 18.8 Å². The van der Waals surface area contributed by atoms with Crippen molar-refractivity contribution in [2.24, 2.45) is 23.3 Å². The zero-order chi connectivity index (χ0) is 11.3. The van der Waals surface area contributed by atoms with Gasteiger partial charge in [0.2, 0.25) is 0 Å². The average molecular weight is 206 g/mol. The van der Waals surface area contributed by atoms with E-state index in [0.29, 0.717) is 24.9 Å². The Morgan fingerprint density at radius 3 is 2.07 bits per heavy atom. The van der Waals surface area contributed by atoms with Crippen molar-refractivity contribution in [3.8, 4) is 0 Å². The van der Waals surface area contributed by atoms with Crippen LogP contribution in [0.5, 0.6) is 0 Å². The van der Waals surface area contributed by atoms with Gasteiger partial charge in [-0.1, -0.05) is 36.8 Å². The molecule has 1 aromatic carbocycles. The molecule has 0 bridgehead atoms. The maximum Gasteiger partial charge on any atom is -0.00341 e. The number of aryl methyl sites for hydroxylation is 1. The molecule has 1 rings (SSSR count). The van der Waals surface area contributed by atoms with Gasteiger partial charge in [0, 0.05) is 0 Å². The first kappa shape index (κ1) is 12.2. The zero-order valence-electron chi connectivity index (χ0n) is 9.74. The van der Waals surface area contributed by atoms with Crippen molar-refractivity contribution in [2.75, 3.05) is 13.1 Å². The monoisotopic (exact) mass is 206 g/mol. The Balaban J connectivity index is 2.57. The maximum atomic E-state index is 5.68. The van der Waals surface area contributed by atoms with Crippen LogP contribution in [0.3, 0.4) is 0 Å². The number of hydrogen-bond donors (Lipinski definition) is 2. The first-order chi connectivity index (χ1) is 7.17. The Kier molecular flexibility index (Phi) is 4.79. The molecule has 4 N–H and O–H groups in total. The Hall–Kier alpha value is -0.860. The fourth-order valence-corrected chi connectivity index (χ4v) is 1.82. The minimum Gasteiger partial charge on any atom is -0.330 e. The predicted octanol–water partition coefficient (Wildman–Crippen LogP) is 1.71. The topological polar surface area (TPSA) is 52.0 Å². The van der Waals surface area contributed by atoms with Crippen LogP contribution in [-0.4, -0.2) is 13.1 Å². The first-order valence-electron chi connectivity index (χ1n) is 5.63. The minimum atomic E-state index is 0.436. The minimum absolute atomic E-state index is 0.436. The third kappa shape index (κ3) is 3.65. The molecule has 1 aromatic rings. The number of hydrogen-bond acceptors (Lipinski definition) is 2. The van der Waals surface area contributed by atoms with E-state index in [0.717, 1.165) is 6.42 Å². The Morgan fingerprint density at radius 1 is 1.07 bits per heavy atom. The molecule has 0 aliphatic carbocycles. The molecule has 0 aromatic heterocycles. The van der Waals surface area contributed by atoms with Crippen LogP contribution in [0.4, 0.5) is 0 Å². The molecule has 1 atom stereocenters. The lowest BCUT2D eigenvalue weighted by Crippen LogP contribution is -2.30. The van der Waals surface area contributed by atoms with Gasteiger partial charge in [0.25, 0.3) is 0 Å². The summed E-state index contributed by atoms with van der Waals surface area (Å²) in [5, 5.41) is 0. The molecule has 2 nitrogen and oxygen atoms in total. The molecule has 0 fully saturated rings. The van der Waals surface area contributed by atoms with E-state index in [1.54, 1.807) is 0 Å². The van der Waals surface area contributed by atoms with E-state index in [4.69, 9.17) is 11.5 Å². The summed E-state index contributed by atoms with van der Waals surface area (Å²) in [6.45, 7) is 5.70. The number of rotatable bonds is 5. The van der Waals surface area contributed by atoms with E-state index < -0.39 is 0 Å². The van der Waals surface area contributed by atoms with Gasteiger partial charge in [-0.05, 0) is 43.8 Å². The fourth-order valence-electron chi connectivity index (χ4n) is 1.82. The van der Waals surface area contributed by atoms with E-state index in [1.807, 2.05) is 0 Å². The molecule has 0 aliphatic rings. The third-order valence-electron chi connectivity index (χ3n) is 3.09. The summed E-state index contributed by atoms with van der Waals surface area (Å²) in [4.78, 5) is 0. The lowest BCUT2D eigenvalue weighted by Gasteiger charge is -2.20. The second-order valence-electron chi connectivity index (χ2n) is 4.40. The van der Waals surface area contributed by atoms with Gasteiger partial charge in [-0.3, -0.25) is 0 Å².